The molecule has 1 N–H and O–H groups in total. The Morgan fingerprint density at radius 2 is 1.50 bits per heavy atom. The zero-order chi connectivity index (χ0) is 25.7. The Hall–Kier alpha value is -2.55. The molecule has 5 atom stereocenters. The lowest BCUT2D eigenvalue weighted by atomic mass is 9.75. The normalized spacial score (nSPS) is 22.6. The van der Waals surface area contributed by atoms with E-state index in [9.17, 15) is 0 Å². The molecule has 0 heterocycles. The molecule has 4 rings (SSSR count). The van der Waals surface area contributed by atoms with E-state index in [1.54, 1.807) is 0 Å². The molecule has 5 heteroatoms. The van der Waals surface area contributed by atoms with Crippen LogP contribution in [0.15, 0.2) is 84.9 Å². The second kappa shape index (κ2) is 11.7. The van der Waals surface area contributed by atoms with Crippen LogP contribution in [0.3, 0.4) is 0 Å². The largest absolute Gasteiger partial charge is 0.378 e. The predicted molar refractivity (Wildman–Crippen MR) is 153 cm³/mol. The minimum atomic E-state index is -3.42. The van der Waals surface area contributed by atoms with Gasteiger partial charge in [-0.25, -0.2) is 0 Å². The van der Waals surface area contributed by atoms with Crippen LogP contribution >= 0.6 is 7.37 Å². The molecule has 1 aliphatic carbocycles. The minimum absolute atomic E-state index is 0.0445. The summed E-state index contributed by atoms with van der Waals surface area (Å²) in [5, 5.41) is 4.37. The van der Waals surface area contributed by atoms with Gasteiger partial charge in [-0.15, -0.1) is 0 Å². The van der Waals surface area contributed by atoms with E-state index in [1.165, 1.54) is 6.42 Å². The first-order valence-electron chi connectivity index (χ1n) is 13.2. The van der Waals surface area contributed by atoms with Crippen molar-refractivity contribution in [2.45, 2.75) is 51.9 Å². The van der Waals surface area contributed by atoms with Crippen LogP contribution in [0.1, 0.15) is 51.4 Å². The third kappa shape index (κ3) is 6.05. The molecule has 0 aliphatic heterocycles. The summed E-state index contributed by atoms with van der Waals surface area (Å²) in [6.45, 7) is 6.83. The first-order valence-corrected chi connectivity index (χ1v) is 14.9. The predicted octanol–water partition coefficient (Wildman–Crippen LogP) is 7.94. The molecule has 0 bridgehead atoms. The summed E-state index contributed by atoms with van der Waals surface area (Å²) < 4.78 is 22.4. The van der Waals surface area contributed by atoms with Gasteiger partial charge in [0, 0.05) is 30.8 Å². The SMILES string of the molecule is CC(C)[C@H]1CC[C@@H](C)C[C@H]1O[P@](=O)(c1ccc(N(C)C)cc1)[C@@H](Nc1ccccc1)c1ccccc1. The van der Waals surface area contributed by atoms with Gasteiger partial charge in [-0.2, -0.15) is 0 Å². The molecule has 1 aliphatic rings. The molecule has 3 aromatic rings. The Labute approximate surface area is 217 Å². The topological polar surface area (TPSA) is 41.6 Å². The molecule has 0 aromatic heterocycles. The molecule has 0 spiro atoms. The molecular weight excluding hydrogens is 463 g/mol. The summed E-state index contributed by atoms with van der Waals surface area (Å²) in [6, 6.07) is 28.2. The molecule has 0 amide bonds. The number of hydrogen-bond acceptors (Lipinski definition) is 4. The minimum Gasteiger partial charge on any atom is -0.378 e. The van der Waals surface area contributed by atoms with E-state index in [-0.39, 0.29) is 6.10 Å². The van der Waals surface area contributed by atoms with E-state index in [0.717, 1.165) is 35.1 Å². The third-order valence-corrected chi connectivity index (χ3v) is 10.2. The molecule has 0 radical (unpaired) electrons. The lowest BCUT2D eigenvalue weighted by molar-refractivity contribution is 0.0489. The van der Waals surface area contributed by atoms with Crippen LogP contribution in [0.2, 0.25) is 0 Å². The van der Waals surface area contributed by atoms with Crippen molar-refractivity contribution < 1.29 is 9.09 Å². The highest BCUT2D eigenvalue weighted by molar-refractivity contribution is 7.67. The fourth-order valence-electron chi connectivity index (χ4n) is 5.36. The van der Waals surface area contributed by atoms with Crippen LogP contribution in [-0.4, -0.2) is 20.2 Å². The molecule has 0 saturated heterocycles. The Kier molecular flexibility index (Phi) is 8.59. The maximum Gasteiger partial charge on any atom is 0.258 e. The van der Waals surface area contributed by atoms with Crippen molar-refractivity contribution in [3.8, 4) is 0 Å². The van der Waals surface area contributed by atoms with Gasteiger partial charge in [0.2, 0.25) is 0 Å². The zero-order valence-corrected chi connectivity index (χ0v) is 23.2. The summed E-state index contributed by atoms with van der Waals surface area (Å²) in [5.41, 5.74) is 2.97. The monoisotopic (exact) mass is 504 g/mol. The standard InChI is InChI=1S/C31H41N2O2P/c1-23(2)29-21-16-24(3)22-30(29)35-36(34,28-19-17-27(18-20-28)33(4)5)31(25-12-8-6-9-13-25)32-26-14-10-7-11-15-26/h6-15,17-20,23-24,29-32H,16,21-22H2,1-5H3/t24-,29-,30-,31-,36-/m1/s1. The number of para-hydroxylation sites is 1. The Bertz CT molecular complexity index is 1130. The Morgan fingerprint density at radius 3 is 2.08 bits per heavy atom. The van der Waals surface area contributed by atoms with Crippen molar-refractivity contribution >= 4 is 24.0 Å². The van der Waals surface area contributed by atoms with Crippen molar-refractivity contribution in [3.63, 3.8) is 0 Å². The fraction of sp³-hybridized carbons (Fsp3) is 0.419. The van der Waals surface area contributed by atoms with Crippen molar-refractivity contribution in [1.82, 2.24) is 0 Å². The van der Waals surface area contributed by atoms with Crippen molar-refractivity contribution in [1.29, 1.82) is 0 Å². The van der Waals surface area contributed by atoms with Crippen LogP contribution in [-0.2, 0) is 9.09 Å². The van der Waals surface area contributed by atoms with E-state index in [0.29, 0.717) is 17.8 Å². The lowest BCUT2D eigenvalue weighted by Crippen LogP contribution is -2.35. The van der Waals surface area contributed by atoms with Gasteiger partial charge in [-0.1, -0.05) is 75.7 Å². The summed E-state index contributed by atoms with van der Waals surface area (Å²) in [7, 11) is 0.618. The highest BCUT2D eigenvalue weighted by atomic mass is 31.2. The number of nitrogens with zero attached hydrogens (tertiary/aromatic N) is 1. The molecule has 192 valence electrons. The van der Waals surface area contributed by atoms with E-state index < -0.39 is 13.2 Å². The van der Waals surface area contributed by atoms with Gasteiger partial charge in [0.05, 0.1) is 6.10 Å². The molecule has 36 heavy (non-hydrogen) atoms. The second-order valence-corrected chi connectivity index (χ2v) is 13.2. The van der Waals surface area contributed by atoms with Gasteiger partial charge in [0.15, 0.2) is 0 Å². The summed E-state index contributed by atoms with van der Waals surface area (Å²) >= 11 is 0. The van der Waals surface area contributed by atoms with Gasteiger partial charge >= 0.3 is 0 Å². The molecule has 1 fully saturated rings. The molecular formula is C31H41N2O2P. The quantitative estimate of drug-likeness (QED) is 0.300. The van der Waals surface area contributed by atoms with Crippen LogP contribution < -0.4 is 15.5 Å². The van der Waals surface area contributed by atoms with Gasteiger partial charge in [0.25, 0.3) is 7.37 Å². The van der Waals surface area contributed by atoms with Crippen LogP contribution in [0.4, 0.5) is 11.4 Å². The lowest BCUT2D eigenvalue weighted by Gasteiger charge is -2.41. The molecule has 0 unspecified atom stereocenters. The number of hydrogen-bond donors (Lipinski definition) is 1. The van der Waals surface area contributed by atoms with Crippen LogP contribution in [0.5, 0.6) is 0 Å². The zero-order valence-electron chi connectivity index (χ0n) is 22.3. The second-order valence-electron chi connectivity index (χ2n) is 10.8. The van der Waals surface area contributed by atoms with Crippen molar-refractivity contribution in [2.75, 3.05) is 24.3 Å². The average molecular weight is 505 g/mol. The number of anilines is 2. The first-order chi connectivity index (χ1) is 17.3. The van der Waals surface area contributed by atoms with E-state index in [4.69, 9.17) is 4.52 Å². The third-order valence-electron chi connectivity index (χ3n) is 7.51. The van der Waals surface area contributed by atoms with E-state index in [2.05, 4.69) is 31.0 Å². The average Bonchev–Trinajstić information content (AvgIpc) is 2.88. The van der Waals surface area contributed by atoms with Gasteiger partial charge in [0.1, 0.15) is 5.78 Å². The maximum absolute atomic E-state index is 15.4. The fourth-order valence-corrected chi connectivity index (χ4v) is 7.99. The van der Waals surface area contributed by atoms with Gasteiger partial charge in [-0.05, 0) is 72.6 Å². The Balaban J connectivity index is 1.83. The van der Waals surface area contributed by atoms with Gasteiger partial charge in [-0.3, -0.25) is 4.57 Å². The number of benzene rings is 3. The smallest absolute Gasteiger partial charge is 0.258 e. The summed E-state index contributed by atoms with van der Waals surface area (Å²) in [5.74, 6) is 0.927. The first kappa shape index (κ1) is 26.5. The van der Waals surface area contributed by atoms with Crippen LogP contribution in [0, 0.1) is 17.8 Å². The van der Waals surface area contributed by atoms with Crippen molar-refractivity contribution in [3.05, 3.63) is 90.5 Å². The highest BCUT2D eigenvalue weighted by Crippen LogP contribution is 2.61. The van der Waals surface area contributed by atoms with E-state index >= 15 is 4.57 Å². The van der Waals surface area contributed by atoms with Crippen LogP contribution in [0.25, 0.3) is 0 Å². The highest BCUT2D eigenvalue weighted by Gasteiger charge is 2.43. The molecule has 3 aromatic carbocycles. The summed E-state index contributed by atoms with van der Waals surface area (Å²) in [4.78, 5) is 2.06. The maximum atomic E-state index is 15.4. The molecule has 1 saturated carbocycles. The number of rotatable bonds is 9. The van der Waals surface area contributed by atoms with Crippen molar-refractivity contribution in [2.24, 2.45) is 17.8 Å². The Morgan fingerprint density at radius 1 is 0.889 bits per heavy atom. The van der Waals surface area contributed by atoms with Gasteiger partial charge < -0.3 is 14.7 Å². The number of nitrogens with one attached hydrogen (secondary N) is 1. The van der Waals surface area contributed by atoms with E-state index in [1.807, 2.05) is 99.0 Å². The summed E-state index contributed by atoms with van der Waals surface area (Å²) in [6.07, 6.45) is 3.21. The molecule has 4 nitrogen and oxygen atoms in total.